The van der Waals surface area contributed by atoms with Gasteiger partial charge in [0.25, 0.3) is 0 Å². The molecule has 2 aliphatic heterocycles. The number of rotatable bonds is 3. The van der Waals surface area contributed by atoms with Crippen LogP contribution >= 0.6 is 11.3 Å². The summed E-state index contributed by atoms with van der Waals surface area (Å²) in [6.07, 6.45) is 3.82. The molecule has 0 aromatic carbocycles. The lowest BCUT2D eigenvalue weighted by Crippen LogP contribution is -2.50. The number of carbonyl (C=O) groups is 1. The smallest absolute Gasteiger partial charge is 0.225 e. The Morgan fingerprint density at radius 2 is 2.17 bits per heavy atom. The Kier molecular flexibility index (Phi) is 4.92. The molecule has 0 saturated carbocycles. The van der Waals surface area contributed by atoms with Gasteiger partial charge in [-0.15, -0.1) is 11.3 Å². The Morgan fingerprint density at radius 1 is 1.43 bits per heavy atom. The van der Waals surface area contributed by atoms with E-state index in [9.17, 15) is 9.90 Å². The molecule has 1 N–H and O–H groups in total. The van der Waals surface area contributed by atoms with Crippen LogP contribution in [0, 0.1) is 18.3 Å². The molecular formula is C17H27N3O2S. The van der Waals surface area contributed by atoms with Crippen molar-refractivity contribution in [3.8, 4) is 0 Å². The Bertz CT molecular complexity index is 554. The highest BCUT2D eigenvalue weighted by atomic mass is 32.1. The number of hydrogen-bond acceptors (Lipinski definition) is 5. The molecule has 23 heavy (non-hydrogen) atoms. The predicted molar refractivity (Wildman–Crippen MR) is 92.8 cm³/mol. The first kappa shape index (κ1) is 16.7. The van der Waals surface area contributed by atoms with Gasteiger partial charge in [-0.05, 0) is 32.6 Å². The number of aromatic nitrogens is 1. The normalized spacial score (nSPS) is 26.6. The molecule has 1 aromatic rings. The summed E-state index contributed by atoms with van der Waals surface area (Å²) in [4.78, 5) is 21.7. The summed E-state index contributed by atoms with van der Waals surface area (Å²) in [6, 6.07) is 0. The Labute approximate surface area is 142 Å². The summed E-state index contributed by atoms with van der Waals surface area (Å²) in [5.74, 6) is 0.424. The maximum absolute atomic E-state index is 12.8. The molecule has 128 valence electrons. The first-order chi connectivity index (χ1) is 11.0. The highest BCUT2D eigenvalue weighted by Crippen LogP contribution is 2.32. The number of aliphatic hydroxyl groups is 1. The zero-order valence-corrected chi connectivity index (χ0v) is 14.9. The number of amides is 1. The number of piperidine rings is 2. The molecular weight excluding hydrogens is 310 g/mol. The number of thiazole rings is 1. The third-order valence-corrected chi connectivity index (χ3v) is 6.22. The number of carbonyl (C=O) groups excluding carboxylic acids is 1. The molecule has 0 bridgehead atoms. The van der Waals surface area contributed by atoms with E-state index in [0.29, 0.717) is 12.5 Å². The molecule has 3 heterocycles. The fourth-order valence-electron chi connectivity index (χ4n) is 3.70. The molecule has 2 fully saturated rings. The third-order valence-electron chi connectivity index (χ3n) is 5.20. The van der Waals surface area contributed by atoms with E-state index in [1.54, 1.807) is 11.3 Å². The van der Waals surface area contributed by atoms with Gasteiger partial charge in [0, 0.05) is 42.9 Å². The second-order valence-corrected chi connectivity index (χ2v) is 8.20. The molecule has 1 amide bonds. The maximum atomic E-state index is 12.8. The van der Waals surface area contributed by atoms with E-state index in [4.69, 9.17) is 0 Å². The van der Waals surface area contributed by atoms with Gasteiger partial charge in [-0.2, -0.15) is 0 Å². The summed E-state index contributed by atoms with van der Waals surface area (Å²) in [6.45, 7) is 7.64. The molecule has 0 radical (unpaired) electrons. The Balaban J connectivity index is 1.56. The fraction of sp³-hybridized carbons (Fsp3) is 0.765. The van der Waals surface area contributed by atoms with Crippen molar-refractivity contribution in [1.29, 1.82) is 0 Å². The average molecular weight is 337 g/mol. The zero-order valence-electron chi connectivity index (χ0n) is 14.1. The Hall–Kier alpha value is -1.14. The van der Waals surface area contributed by atoms with Crippen LogP contribution in [0.3, 0.4) is 0 Å². The van der Waals surface area contributed by atoms with Crippen LogP contribution in [0.5, 0.6) is 0 Å². The lowest BCUT2D eigenvalue weighted by Gasteiger charge is -2.41. The number of aliphatic hydroxyl groups excluding tert-OH is 1. The second kappa shape index (κ2) is 6.77. The van der Waals surface area contributed by atoms with Gasteiger partial charge in [-0.25, -0.2) is 4.98 Å². The summed E-state index contributed by atoms with van der Waals surface area (Å²) in [5, 5.41) is 12.7. The monoisotopic (exact) mass is 337 g/mol. The van der Waals surface area contributed by atoms with Crippen LogP contribution < -0.4 is 4.90 Å². The van der Waals surface area contributed by atoms with E-state index in [1.807, 2.05) is 11.8 Å². The first-order valence-electron chi connectivity index (χ1n) is 8.57. The lowest BCUT2D eigenvalue weighted by molar-refractivity contribution is -0.140. The van der Waals surface area contributed by atoms with Crippen molar-refractivity contribution >= 4 is 22.4 Å². The van der Waals surface area contributed by atoms with Crippen LogP contribution in [0.25, 0.3) is 0 Å². The van der Waals surface area contributed by atoms with E-state index < -0.39 is 0 Å². The van der Waals surface area contributed by atoms with Crippen molar-refractivity contribution in [2.75, 3.05) is 37.7 Å². The fourth-order valence-corrected chi connectivity index (χ4v) is 4.55. The third kappa shape index (κ3) is 3.69. The topological polar surface area (TPSA) is 56.7 Å². The van der Waals surface area contributed by atoms with Gasteiger partial charge in [0.15, 0.2) is 5.13 Å². The van der Waals surface area contributed by atoms with Crippen LogP contribution in [-0.4, -0.2) is 53.7 Å². The van der Waals surface area contributed by atoms with Gasteiger partial charge in [0.2, 0.25) is 5.91 Å². The SMILES string of the molecule is Cc1csc(N2CCC(C(=O)N3CCC[C@@](C)(CO)C3)CC2)n1. The summed E-state index contributed by atoms with van der Waals surface area (Å²) in [7, 11) is 0. The molecule has 0 spiro atoms. The highest BCUT2D eigenvalue weighted by Gasteiger charge is 2.36. The van der Waals surface area contributed by atoms with E-state index in [0.717, 1.165) is 56.1 Å². The van der Waals surface area contributed by atoms with Crippen LogP contribution in [0.1, 0.15) is 38.3 Å². The first-order valence-corrected chi connectivity index (χ1v) is 9.45. The van der Waals surface area contributed by atoms with Crippen LogP contribution in [0.4, 0.5) is 5.13 Å². The van der Waals surface area contributed by atoms with Crippen LogP contribution in [-0.2, 0) is 4.79 Å². The molecule has 2 saturated heterocycles. The van der Waals surface area contributed by atoms with E-state index in [-0.39, 0.29) is 17.9 Å². The summed E-state index contributed by atoms with van der Waals surface area (Å²) in [5.41, 5.74) is 0.951. The molecule has 1 aromatic heterocycles. The number of aryl methyl sites for hydroxylation is 1. The maximum Gasteiger partial charge on any atom is 0.225 e. The van der Waals surface area contributed by atoms with Crippen molar-refractivity contribution in [3.63, 3.8) is 0 Å². The largest absolute Gasteiger partial charge is 0.396 e. The number of likely N-dealkylation sites (tertiary alicyclic amines) is 1. The molecule has 5 nitrogen and oxygen atoms in total. The van der Waals surface area contributed by atoms with Crippen LogP contribution in [0.15, 0.2) is 5.38 Å². The second-order valence-electron chi connectivity index (χ2n) is 7.36. The van der Waals surface area contributed by atoms with Gasteiger partial charge in [0.05, 0.1) is 12.3 Å². The molecule has 1 atom stereocenters. The van der Waals surface area contributed by atoms with E-state index in [1.165, 1.54) is 0 Å². The highest BCUT2D eigenvalue weighted by molar-refractivity contribution is 7.13. The predicted octanol–water partition coefficient (Wildman–Crippen LogP) is 2.29. The van der Waals surface area contributed by atoms with Crippen molar-refractivity contribution in [2.45, 2.75) is 39.5 Å². The quantitative estimate of drug-likeness (QED) is 0.919. The van der Waals surface area contributed by atoms with Crippen molar-refractivity contribution in [2.24, 2.45) is 11.3 Å². The van der Waals surface area contributed by atoms with Crippen molar-refractivity contribution < 1.29 is 9.90 Å². The Morgan fingerprint density at radius 3 is 2.78 bits per heavy atom. The van der Waals surface area contributed by atoms with Crippen molar-refractivity contribution in [3.05, 3.63) is 11.1 Å². The van der Waals surface area contributed by atoms with Gasteiger partial charge in [0.1, 0.15) is 0 Å². The lowest BCUT2D eigenvalue weighted by atomic mass is 9.82. The minimum Gasteiger partial charge on any atom is -0.396 e. The molecule has 0 unspecified atom stereocenters. The van der Waals surface area contributed by atoms with E-state index >= 15 is 0 Å². The molecule has 6 heteroatoms. The molecule has 2 aliphatic rings. The number of hydrogen-bond donors (Lipinski definition) is 1. The van der Waals surface area contributed by atoms with Gasteiger partial charge in [-0.1, -0.05) is 6.92 Å². The summed E-state index contributed by atoms with van der Waals surface area (Å²) >= 11 is 1.69. The van der Waals surface area contributed by atoms with Gasteiger partial charge in [-0.3, -0.25) is 4.79 Å². The molecule has 0 aliphatic carbocycles. The zero-order chi connectivity index (χ0) is 16.4. The van der Waals surface area contributed by atoms with Crippen molar-refractivity contribution in [1.82, 2.24) is 9.88 Å². The number of anilines is 1. The average Bonchev–Trinajstić information content (AvgIpc) is 3.01. The van der Waals surface area contributed by atoms with Gasteiger partial charge >= 0.3 is 0 Å². The summed E-state index contributed by atoms with van der Waals surface area (Å²) < 4.78 is 0. The minimum absolute atomic E-state index is 0.118. The van der Waals surface area contributed by atoms with E-state index in [2.05, 4.69) is 22.2 Å². The molecule has 3 rings (SSSR count). The van der Waals surface area contributed by atoms with Crippen LogP contribution in [0.2, 0.25) is 0 Å². The number of nitrogens with zero attached hydrogens (tertiary/aromatic N) is 3. The standard InChI is InChI=1S/C17H27N3O2S/c1-13-10-23-16(18-13)19-8-4-14(5-9-19)15(22)20-7-3-6-17(2,11-20)12-21/h10,14,21H,3-9,11-12H2,1-2H3/t17-/m1/s1. The van der Waals surface area contributed by atoms with Gasteiger partial charge < -0.3 is 14.9 Å². The minimum atomic E-state index is -0.118.